The maximum atomic E-state index is 10.9. The summed E-state index contributed by atoms with van der Waals surface area (Å²) in [6.45, 7) is 0.173. The van der Waals surface area contributed by atoms with E-state index in [2.05, 4.69) is 15.5 Å². The molecule has 1 aliphatic heterocycles. The molecule has 104 valence electrons. The van der Waals surface area contributed by atoms with Crippen LogP contribution in [0, 0.1) is 0 Å². The summed E-state index contributed by atoms with van der Waals surface area (Å²) < 4.78 is 10.3. The van der Waals surface area contributed by atoms with Crippen LogP contribution in [0.2, 0.25) is 0 Å². The number of carbonyl (C=O) groups excluding carboxylic acids is 1. The van der Waals surface area contributed by atoms with Gasteiger partial charge in [-0.3, -0.25) is 0 Å². The minimum absolute atomic E-state index is 0.173. The van der Waals surface area contributed by atoms with E-state index >= 15 is 0 Å². The van der Waals surface area contributed by atoms with Crippen molar-refractivity contribution in [3.63, 3.8) is 0 Å². The second-order valence-corrected chi connectivity index (χ2v) is 4.71. The van der Waals surface area contributed by atoms with Crippen LogP contribution in [-0.4, -0.2) is 23.4 Å². The number of carbonyl (C=O) groups is 1. The number of rotatable bonds is 2. The number of hydrogen-bond donors (Lipinski definition) is 2. The molecule has 1 amide bonds. The standard InChI is InChI=1S/C15H11N3O3/c19-15-18-17-13(8-21-15)9-3-4-11-10(6-9)7-12(16-11)14-2-1-5-20-14/h1-7,16H,8H2,(H,18,19). The van der Waals surface area contributed by atoms with Crippen molar-refractivity contribution in [3.05, 3.63) is 48.2 Å². The van der Waals surface area contributed by atoms with Crippen LogP contribution in [0.1, 0.15) is 5.56 Å². The Morgan fingerprint density at radius 1 is 1.19 bits per heavy atom. The molecular formula is C15H11N3O3. The molecule has 1 aromatic carbocycles. The molecule has 6 heteroatoms. The number of hydrazone groups is 1. The van der Waals surface area contributed by atoms with Crippen molar-refractivity contribution in [3.8, 4) is 11.5 Å². The fourth-order valence-electron chi connectivity index (χ4n) is 2.34. The molecule has 0 spiro atoms. The summed E-state index contributed by atoms with van der Waals surface area (Å²) in [6.07, 6.45) is 1.12. The Balaban J connectivity index is 1.75. The summed E-state index contributed by atoms with van der Waals surface area (Å²) in [5.41, 5.74) is 5.84. The molecule has 4 rings (SSSR count). The maximum absolute atomic E-state index is 10.9. The Morgan fingerprint density at radius 2 is 2.14 bits per heavy atom. The summed E-state index contributed by atoms with van der Waals surface area (Å²) in [7, 11) is 0. The Morgan fingerprint density at radius 3 is 2.90 bits per heavy atom. The molecule has 0 fully saturated rings. The number of ether oxygens (including phenoxy) is 1. The van der Waals surface area contributed by atoms with Gasteiger partial charge < -0.3 is 14.1 Å². The number of benzene rings is 1. The van der Waals surface area contributed by atoms with E-state index in [1.54, 1.807) is 6.26 Å². The fraction of sp³-hybridized carbons (Fsp3) is 0.0667. The van der Waals surface area contributed by atoms with Crippen LogP contribution in [0.15, 0.2) is 52.2 Å². The maximum Gasteiger partial charge on any atom is 0.428 e. The molecule has 0 saturated carbocycles. The van der Waals surface area contributed by atoms with E-state index in [4.69, 9.17) is 9.15 Å². The highest BCUT2D eigenvalue weighted by Crippen LogP contribution is 2.25. The Labute approximate surface area is 119 Å². The topological polar surface area (TPSA) is 79.6 Å². The normalized spacial score (nSPS) is 14.7. The van der Waals surface area contributed by atoms with Gasteiger partial charge in [0.15, 0.2) is 0 Å². The number of aromatic amines is 1. The lowest BCUT2D eigenvalue weighted by molar-refractivity contribution is 0.157. The smallest absolute Gasteiger partial charge is 0.428 e. The molecule has 2 N–H and O–H groups in total. The molecule has 3 heterocycles. The molecule has 0 bridgehead atoms. The van der Waals surface area contributed by atoms with E-state index in [-0.39, 0.29) is 6.61 Å². The predicted octanol–water partition coefficient (Wildman–Crippen LogP) is 2.87. The molecule has 0 aliphatic carbocycles. The van der Waals surface area contributed by atoms with E-state index in [1.165, 1.54) is 0 Å². The molecule has 1 aliphatic rings. The molecular weight excluding hydrogens is 270 g/mol. The number of hydrogen-bond acceptors (Lipinski definition) is 4. The number of nitrogens with zero attached hydrogens (tertiary/aromatic N) is 1. The highest BCUT2D eigenvalue weighted by Gasteiger charge is 2.15. The van der Waals surface area contributed by atoms with Gasteiger partial charge in [-0.1, -0.05) is 6.07 Å². The molecule has 3 aromatic rings. The summed E-state index contributed by atoms with van der Waals surface area (Å²) in [5.74, 6) is 0.790. The van der Waals surface area contributed by atoms with Gasteiger partial charge in [0.05, 0.1) is 12.0 Å². The molecule has 0 atom stereocenters. The number of cyclic esters (lactones) is 1. The first-order valence-electron chi connectivity index (χ1n) is 6.46. The van der Waals surface area contributed by atoms with E-state index in [9.17, 15) is 4.79 Å². The summed E-state index contributed by atoms with van der Waals surface area (Å²) in [4.78, 5) is 14.2. The van der Waals surface area contributed by atoms with Crippen LogP contribution in [-0.2, 0) is 4.74 Å². The van der Waals surface area contributed by atoms with Crippen LogP contribution in [0.4, 0.5) is 4.79 Å². The Bertz CT molecular complexity index is 846. The summed E-state index contributed by atoms with van der Waals surface area (Å²) in [5, 5.41) is 5.05. The van der Waals surface area contributed by atoms with Crippen LogP contribution < -0.4 is 5.43 Å². The van der Waals surface area contributed by atoms with Gasteiger partial charge in [-0.2, -0.15) is 5.10 Å². The number of aromatic nitrogens is 1. The third-order valence-electron chi connectivity index (χ3n) is 3.36. The van der Waals surface area contributed by atoms with E-state index in [1.807, 2.05) is 36.4 Å². The fourth-order valence-corrected chi connectivity index (χ4v) is 2.34. The SMILES string of the molecule is O=C1NN=C(c2ccc3[nH]c(-c4ccco4)cc3c2)CO1. The van der Waals surface area contributed by atoms with Gasteiger partial charge in [-0.25, -0.2) is 10.2 Å². The van der Waals surface area contributed by atoms with Crippen molar-refractivity contribution in [2.24, 2.45) is 5.10 Å². The molecule has 0 radical (unpaired) electrons. The zero-order chi connectivity index (χ0) is 14.2. The highest BCUT2D eigenvalue weighted by molar-refractivity contribution is 6.06. The third-order valence-corrected chi connectivity index (χ3v) is 3.36. The molecule has 6 nitrogen and oxygen atoms in total. The van der Waals surface area contributed by atoms with Crippen molar-refractivity contribution in [2.75, 3.05) is 6.61 Å². The van der Waals surface area contributed by atoms with Crippen molar-refractivity contribution in [1.29, 1.82) is 0 Å². The monoisotopic (exact) mass is 281 g/mol. The van der Waals surface area contributed by atoms with E-state index in [0.29, 0.717) is 5.71 Å². The van der Waals surface area contributed by atoms with Gasteiger partial charge in [0.1, 0.15) is 18.1 Å². The number of furan rings is 1. The van der Waals surface area contributed by atoms with Crippen LogP contribution >= 0.6 is 0 Å². The first kappa shape index (κ1) is 11.8. The minimum Gasteiger partial charge on any atom is -0.463 e. The number of nitrogens with one attached hydrogen (secondary N) is 2. The van der Waals surface area contributed by atoms with Crippen molar-refractivity contribution >= 4 is 22.7 Å². The van der Waals surface area contributed by atoms with Gasteiger partial charge in [0.2, 0.25) is 0 Å². The van der Waals surface area contributed by atoms with E-state index in [0.717, 1.165) is 27.9 Å². The molecule has 0 unspecified atom stereocenters. The number of H-pyrrole nitrogens is 1. The van der Waals surface area contributed by atoms with Crippen LogP contribution in [0.3, 0.4) is 0 Å². The first-order valence-corrected chi connectivity index (χ1v) is 6.46. The van der Waals surface area contributed by atoms with Gasteiger partial charge in [0, 0.05) is 16.5 Å². The largest absolute Gasteiger partial charge is 0.463 e. The second kappa shape index (κ2) is 4.52. The van der Waals surface area contributed by atoms with Crippen molar-refractivity contribution < 1.29 is 13.9 Å². The van der Waals surface area contributed by atoms with Gasteiger partial charge in [-0.15, -0.1) is 0 Å². The number of amides is 1. The highest BCUT2D eigenvalue weighted by atomic mass is 16.6. The molecule has 0 saturated heterocycles. The Kier molecular flexibility index (Phi) is 2.53. The lowest BCUT2D eigenvalue weighted by atomic mass is 10.1. The van der Waals surface area contributed by atoms with Gasteiger partial charge in [-0.05, 0) is 30.3 Å². The summed E-state index contributed by atoms with van der Waals surface area (Å²) >= 11 is 0. The number of fused-ring (bicyclic) bond motifs is 1. The van der Waals surface area contributed by atoms with Crippen molar-refractivity contribution in [2.45, 2.75) is 0 Å². The second-order valence-electron chi connectivity index (χ2n) is 4.71. The Hall–Kier alpha value is -3.02. The van der Waals surface area contributed by atoms with Crippen molar-refractivity contribution in [1.82, 2.24) is 10.4 Å². The predicted molar refractivity (Wildman–Crippen MR) is 77.0 cm³/mol. The van der Waals surface area contributed by atoms with Gasteiger partial charge in [0.25, 0.3) is 0 Å². The average molecular weight is 281 g/mol. The lowest BCUT2D eigenvalue weighted by Crippen LogP contribution is -2.30. The average Bonchev–Trinajstić information content (AvgIpc) is 3.16. The molecule has 21 heavy (non-hydrogen) atoms. The zero-order valence-electron chi connectivity index (χ0n) is 10.9. The van der Waals surface area contributed by atoms with Crippen LogP contribution in [0.25, 0.3) is 22.4 Å². The quantitative estimate of drug-likeness (QED) is 0.758. The van der Waals surface area contributed by atoms with Crippen LogP contribution in [0.5, 0.6) is 0 Å². The molecule has 2 aromatic heterocycles. The minimum atomic E-state index is -0.526. The first-order chi connectivity index (χ1) is 10.3. The van der Waals surface area contributed by atoms with Gasteiger partial charge >= 0.3 is 6.09 Å². The summed E-state index contributed by atoms with van der Waals surface area (Å²) in [6, 6.07) is 11.7. The zero-order valence-corrected chi connectivity index (χ0v) is 10.9. The lowest BCUT2D eigenvalue weighted by Gasteiger charge is -2.12. The third kappa shape index (κ3) is 2.06. The van der Waals surface area contributed by atoms with E-state index < -0.39 is 6.09 Å².